The normalized spacial score (nSPS) is 12.6. The van der Waals surface area contributed by atoms with E-state index in [-0.39, 0.29) is 17.5 Å². The summed E-state index contributed by atoms with van der Waals surface area (Å²) in [4.78, 5) is 13.8. The molecule has 1 amide bonds. The number of rotatable bonds is 4. The van der Waals surface area contributed by atoms with Crippen molar-refractivity contribution in [1.29, 1.82) is 0 Å². The van der Waals surface area contributed by atoms with Gasteiger partial charge in [-0.05, 0) is 39.6 Å². The summed E-state index contributed by atoms with van der Waals surface area (Å²) < 4.78 is 13.7. The second-order valence-corrected chi connectivity index (χ2v) is 4.57. The molecule has 1 N–H and O–H groups in total. The minimum atomic E-state index is -0.443. The maximum Gasteiger partial charge on any atom is 0.254 e. The second-order valence-electron chi connectivity index (χ2n) is 4.57. The van der Waals surface area contributed by atoms with Crippen molar-refractivity contribution in [2.45, 2.75) is 19.9 Å². The van der Waals surface area contributed by atoms with Gasteiger partial charge in [-0.15, -0.1) is 0 Å². The fourth-order valence-electron chi connectivity index (χ4n) is 1.72. The van der Waals surface area contributed by atoms with Crippen molar-refractivity contribution in [2.75, 3.05) is 20.6 Å². The smallest absolute Gasteiger partial charge is 0.254 e. The van der Waals surface area contributed by atoms with Gasteiger partial charge in [-0.2, -0.15) is 0 Å². The number of hydrogen-bond donors (Lipinski definition) is 1. The molecular weight excluding hydrogens is 219 g/mol. The third kappa shape index (κ3) is 3.82. The zero-order chi connectivity index (χ0) is 13.0. The summed E-state index contributed by atoms with van der Waals surface area (Å²) in [6.45, 7) is 4.26. The van der Waals surface area contributed by atoms with Crippen molar-refractivity contribution in [3.8, 4) is 0 Å². The van der Waals surface area contributed by atoms with E-state index in [0.29, 0.717) is 5.56 Å². The summed E-state index contributed by atoms with van der Waals surface area (Å²) in [6, 6.07) is 4.82. The van der Waals surface area contributed by atoms with Gasteiger partial charge >= 0.3 is 0 Å². The molecule has 1 atom stereocenters. The summed E-state index contributed by atoms with van der Waals surface area (Å²) in [7, 11) is 3.85. The van der Waals surface area contributed by atoms with Gasteiger partial charge in [-0.1, -0.05) is 12.1 Å². The second kappa shape index (κ2) is 5.77. The van der Waals surface area contributed by atoms with Crippen molar-refractivity contribution < 1.29 is 9.18 Å². The molecule has 3 nitrogen and oxygen atoms in total. The topological polar surface area (TPSA) is 32.3 Å². The lowest BCUT2D eigenvalue weighted by molar-refractivity contribution is 0.0930. The predicted octanol–water partition coefficient (Wildman–Crippen LogP) is 1.81. The molecule has 1 aromatic rings. The molecule has 0 aliphatic heterocycles. The Kier molecular flexibility index (Phi) is 4.63. The van der Waals surface area contributed by atoms with Crippen LogP contribution in [0.3, 0.4) is 0 Å². The van der Waals surface area contributed by atoms with E-state index in [0.717, 1.165) is 6.54 Å². The maximum absolute atomic E-state index is 13.7. The average Bonchev–Trinajstić information content (AvgIpc) is 2.20. The number of carbonyl (C=O) groups excluding carboxylic acids is 1. The number of likely N-dealkylation sites (N-methyl/N-ethyl adjacent to an activating group) is 1. The van der Waals surface area contributed by atoms with Crippen molar-refractivity contribution >= 4 is 5.91 Å². The lowest BCUT2D eigenvalue weighted by atomic mass is 10.1. The molecule has 17 heavy (non-hydrogen) atoms. The largest absolute Gasteiger partial charge is 0.348 e. The van der Waals surface area contributed by atoms with Crippen LogP contribution in [-0.4, -0.2) is 37.5 Å². The molecule has 0 heterocycles. The number of aryl methyl sites for hydroxylation is 1. The molecule has 94 valence electrons. The molecule has 1 aromatic carbocycles. The summed E-state index contributed by atoms with van der Waals surface area (Å²) in [5.41, 5.74) is 0.591. The van der Waals surface area contributed by atoms with Crippen LogP contribution in [0, 0.1) is 12.7 Å². The first-order chi connectivity index (χ1) is 7.91. The third-order valence-electron chi connectivity index (χ3n) is 2.45. The Morgan fingerprint density at radius 3 is 2.71 bits per heavy atom. The highest BCUT2D eigenvalue weighted by atomic mass is 19.1. The summed E-state index contributed by atoms with van der Waals surface area (Å²) >= 11 is 0. The number of benzene rings is 1. The van der Waals surface area contributed by atoms with E-state index in [4.69, 9.17) is 0 Å². The number of hydrogen-bond acceptors (Lipinski definition) is 2. The van der Waals surface area contributed by atoms with Crippen molar-refractivity contribution in [3.05, 3.63) is 35.1 Å². The van der Waals surface area contributed by atoms with Crippen LogP contribution < -0.4 is 5.32 Å². The lowest BCUT2D eigenvalue weighted by Gasteiger charge is -2.18. The van der Waals surface area contributed by atoms with Crippen LogP contribution >= 0.6 is 0 Å². The lowest BCUT2D eigenvalue weighted by Crippen LogP contribution is -2.39. The van der Waals surface area contributed by atoms with Crippen LogP contribution in [0.15, 0.2) is 18.2 Å². The Hall–Kier alpha value is -1.42. The van der Waals surface area contributed by atoms with Crippen LogP contribution in [0.4, 0.5) is 4.39 Å². The highest BCUT2D eigenvalue weighted by Gasteiger charge is 2.15. The quantitative estimate of drug-likeness (QED) is 0.867. The highest BCUT2D eigenvalue weighted by Crippen LogP contribution is 2.11. The molecule has 0 bridgehead atoms. The molecule has 0 aromatic heterocycles. The van der Waals surface area contributed by atoms with Gasteiger partial charge in [0.15, 0.2) is 0 Å². The third-order valence-corrected chi connectivity index (χ3v) is 2.45. The molecule has 0 aliphatic carbocycles. The molecule has 4 heteroatoms. The highest BCUT2D eigenvalue weighted by molar-refractivity contribution is 5.94. The molecule has 0 spiro atoms. The van der Waals surface area contributed by atoms with Gasteiger partial charge < -0.3 is 10.2 Å². The molecule has 0 radical (unpaired) electrons. The van der Waals surface area contributed by atoms with Gasteiger partial charge in [0.05, 0.1) is 5.56 Å². The molecular formula is C13H19FN2O. The van der Waals surface area contributed by atoms with Crippen molar-refractivity contribution in [1.82, 2.24) is 10.2 Å². The van der Waals surface area contributed by atoms with Gasteiger partial charge in [0.25, 0.3) is 5.91 Å². The van der Waals surface area contributed by atoms with E-state index in [9.17, 15) is 9.18 Å². The number of halogens is 1. The number of nitrogens with one attached hydrogen (secondary N) is 1. The zero-order valence-electron chi connectivity index (χ0n) is 10.7. The molecule has 0 saturated heterocycles. The SMILES string of the molecule is Cc1cccc(C(=O)NC(C)CN(C)C)c1F. The maximum atomic E-state index is 13.7. The van der Waals surface area contributed by atoms with Crippen LogP contribution in [-0.2, 0) is 0 Å². The van der Waals surface area contributed by atoms with Gasteiger partial charge in [-0.25, -0.2) is 4.39 Å². The fraction of sp³-hybridized carbons (Fsp3) is 0.462. The Morgan fingerprint density at radius 2 is 2.12 bits per heavy atom. The first-order valence-electron chi connectivity index (χ1n) is 5.62. The first-order valence-corrected chi connectivity index (χ1v) is 5.62. The Balaban J connectivity index is 2.73. The van der Waals surface area contributed by atoms with E-state index in [1.54, 1.807) is 19.1 Å². The Bertz CT molecular complexity index is 404. The van der Waals surface area contributed by atoms with E-state index in [1.807, 2.05) is 25.9 Å². The fourth-order valence-corrected chi connectivity index (χ4v) is 1.72. The number of nitrogens with zero attached hydrogens (tertiary/aromatic N) is 1. The predicted molar refractivity (Wildman–Crippen MR) is 66.6 cm³/mol. The molecule has 1 rings (SSSR count). The number of amides is 1. The van der Waals surface area contributed by atoms with E-state index < -0.39 is 5.82 Å². The number of carbonyl (C=O) groups is 1. The van der Waals surface area contributed by atoms with Crippen LogP contribution in [0.2, 0.25) is 0 Å². The summed E-state index contributed by atoms with van der Waals surface area (Å²) in [6.07, 6.45) is 0. The molecule has 0 saturated carbocycles. The minimum absolute atomic E-state index is 0.0163. The van der Waals surface area contributed by atoms with Crippen molar-refractivity contribution in [3.63, 3.8) is 0 Å². The van der Waals surface area contributed by atoms with Crippen LogP contribution in [0.25, 0.3) is 0 Å². The molecule has 0 fully saturated rings. The van der Waals surface area contributed by atoms with Gasteiger partial charge in [0.1, 0.15) is 5.82 Å². The van der Waals surface area contributed by atoms with Crippen LogP contribution in [0.5, 0.6) is 0 Å². The summed E-state index contributed by atoms with van der Waals surface area (Å²) in [5.74, 6) is -0.803. The molecule has 0 aliphatic rings. The Morgan fingerprint density at radius 1 is 1.47 bits per heavy atom. The van der Waals surface area contributed by atoms with Crippen LogP contribution in [0.1, 0.15) is 22.8 Å². The van der Waals surface area contributed by atoms with Crippen molar-refractivity contribution in [2.24, 2.45) is 0 Å². The summed E-state index contributed by atoms with van der Waals surface area (Å²) in [5, 5.41) is 2.77. The van der Waals surface area contributed by atoms with Gasteiger partial charge in [0.2, 0.25) is 0 Å². The average molecular weight is 238 g/mol. The zero-order valence-corrected chi connectivity index (χ0v) is 10.7. The first kappa shape index (κ1) is 13.6. The Labute approximate surface area is 102 Å². The monoisotopic (exact) mass is 238 g/mol. The van der Waals surface area contributed by atoms with E-state index in [2.05, 4.69) is 5.32 Å². The van der Waals surface area contributed by atoms with E-state index in [1.165, 1.54) is 6.07 Å². The standard InChI is InChI=1S/C13H19FN2O/c1-9-6-5-7-11(12(9)14)13(17)15-10(2)8-16(3)4/h5-7,10H,8H2,1-4H3,(H,15,17). The van der Waals surface area contributed by atoms with Gasteiger partial charge in [0, 0.05) is 12.6 Å². The van der Waals surface area contributed by atoms with Gasteiger partial charge in [-0.3, -0.25) is 4.79 Å². The minimum Gasteiger partial charge on any atom is -0.348 e. The molecule has 1 unspecified atom stereocenters. The van der Waals surface area contributed by atoms with E-state index >= 15 is 0 Å².